The molecule has 0 radical (unpaired) electrons. The molecule has 0 amide bonds. The van der Waals surface area contributed by atoms with E-state index in [1.807, 2.05) is 0 Å². The van der Waals surface area contributed by atoms with Gasteiger partial charge in [-0.15, -0.1) is 0 Å². The van der Waals surface area contributed by atoms with Crippen molar-refractivity contribution in [3.05, 3.63) is 42.3 Å². The molecule has 1 heterocycles. The molecule has 1 aromatic carbocycles. The Hall–Kier alpha value is -1.86. The van der Waals surface area contributed by atoms with Crippen LogP contribution in [0.3, 0.4) is 0 Å². The molecule has 0 unspecified atom stereocenters. The van der Waals surface area contributed by atoms with E-state index in [2.05, 4.69) is 15.2 Å². The van der Waals surface area contributed by atoms with Crippen molar-refractivity contribution >= 4 is 15.7 Å². The van der Waals surface area contributed by atoms with Crippen LogP contribution in [-0.2, 0) is 16.6 Å². The summed E-state index contributed by atoms with van der Waals surface area (Å²) >= 11 is 0. The number of hydrogen-bond donors (Lipinski definition) is 2. The smallest absolute Gasteiger partial charge is 0.240 e. The lowest BCUT2D eigenvalue weighted by Crippen LogP contribution is -2.23. The summed E-state index contributed by atoms with van der Waals surface area (Å²) in [6.07, 6.45) is 1.57. The van der Waals surface area contributed by atoms with Crippen molar-refractivity contribution < 1.29 is 12.9 Å². The van der Waals surface area contributed by atoms with Gasteiger partial charge in [-0.3, -0.25) is 0 Å². The van der Waals surface area contributed by atoms with Crippen LogP contribution in [0.5, 0.6) is 0 Å². The molecular formula is C12H15N3O3S. The fourth-order valence-electron chi connectivity index (χ4n) is 1.55. The van der Waals surface area contributed by atoms with E-state index in [0.29, 0.717) is 18.8 Å². The second kappa shape index (κ2) is 5.85. The van der Waals surface area contributed by atoms with E-state index in [9.17, 15) is 8.42 Å². The van der Waals surface area contributed by atoms with Gasteiger partial charge < -0.3 is 9.84 Å². The maximum Gasteiger partial charge on any atom is 0.240 e. The standard InChI is InChI=1S/C12H15N3O3S/c1-2-15-19(16,17)12-5-3-10(4-6-12)13-9-11-7-8-14-18-11/h3-8,13,15H,2,9H2,1H3. The normalized spacial score (nSPS) is 11.4. The summed E-state index contributed by atoms with van der Waals surface area (Å²) in [5.74, 6) is 0.712. The number of anilines is 1. The largest absolute Gasteiger partial charge is 0.378 e. The van der Waals surface area contributed by atoms with E-state index in [1.165, 1.54) is 0 Å². The van der Waals surface area contributed by atoms with E-state index in [1.54, 1.807) is 43.5 Å². The first-order valence-electron chi connectivity index (χ1n) is 5.85. The predicted octanol–water partition coefficient (Wildman–Crippen LogP) is 1.58. The fourth-order valence-corrected chi connectivity index (χ4v) is 2.59. The van der Waals surface area contributed by atoms with Crippen molar-refractivity contribution in [2.45, 2.75) is 18.4 Å². The molecule has 0 aliphatic rings. The quantitative estimate of drug-likeness (QED) is 0.840. The Bertz CT molecular complexity index is 606. The lowest BCUT2D eigenvalue weighted by atomic mass is 10.3. The van der Waals surface area contributed by atoms with Crippen LogP contribution in [0.15, 0.2) is 45.9 Å². The Labute approximate surface area is 111 Å². The third-order valence-electron chi connectivity index (χ3n) is 2.46. The van der Waals surface area contributed by atoms with Crippen LogP contribution in [0.25, 0.3) is 0 Å². The van der Waals surface area contributed by atoms with Gasteiger partial charge in [0.05, 0.1) is 17.6 Å². The zero-order valence-corrected chi connectivity index (χ0v) is 11.3. The second-order valence-corrected chi connectivity index (χ2v) is 5.62. The summed E-state index contributed by atoms with van der Waals surface area (Å²) < 4.78 is 30.9. The topological polar surface area (TPSA) is 84.2 Å². The molecular weight excluding hydrogens is 266 g/mol. The Balaban J connectivity index is 2.02. The van der Waals surface area contributed by atoms with E-state index < -0.39 is 10.0 Å². The maximum atomic E-state index is 11.7. The minimum absolute atomic E-state index is 0.250. The van der Waals surface area contributed by atoms with Gasteiger partial charge in [-0.25, -0.2) is 13.1 Å². The molecule has 2 aromatic rings. The van der Waals surface area contributed by atoms with Crippen molar-refractivity contribution in [1.82, 2.24) is 9.88 Å². The zero-order chi connectivity index (χ0) is 13.7. The van der Waals surface area contributed by atoms with E-state index in [0.717, 1.165) is 5.69 Å². The van der Waals surface area contributed by atoms with Crippen molar-refractivity contribution in [2.24, 2.45) is 0 Å². The van der Waals surface area contributed by atoms with Gasteiger partial charge >= 0.3 is 0 Å². The van der Waals surface area contributed by atoms with Gasteiger partial charge in [-0.2, -0.15) is 0 Å². The summed E-state index contributed by atoms with van der Waals surface area (Å²) in [5.41, 5.74) is 0.812. The van der Waals surface area contributed by atoms with Crippen molar-refractivity contribution in [3.63, 3.8) is 0 Å². The highest BCUT2D eigenvalue weighted by Crippen LogP contribution is 2.14. The van der Waals surface area contributed by atoms with Gasteiger partial charge in [0.1, 0.15) is 0 Å². The molecule has 0 bridgehead atoms. The molecule has 0 aliphatic carbocycles. The summed E-state index contributed by atoms with van der Waals surface area (Å²) in [4.78, 5) is 0.250. The summed E-state index contributed by atoms with van der Waals surface area (Å²) in [6.45, 7) is 2.61. The van der Waals surface area contributed by atoms with Crippen molar-refractivity contribution in [1.29, 1.82) is 0 Å². The number of rotatable bonds is 6. The van der Waals surface area contributed by atoms with Crippen LogP contribution in [0, 0.1) is 0 Å². The maximum absolute atomic E-state index is 11.7. The molecule has 2 rings (SSSR count). The van der Waals surface area contributed by atoms with Crippen LogP contribution in [0.2, 0.25) is 0 Å². The van der Waals surface area contributed by atoms with Gasteiger partial charge in [0.15, 0.2) is 5.76 Å². The molecule has 0 spiro atoms. The van der Waals surface area contributed by atoms with Crippen LogP contribution in [0.4, 0.5) is 5.69 Å². The minimum Gasteiger partial charge on any atom is -0.378 e. The first kappa shape index (κ1) is 13.6. The number of nitrogens with zero attached hydrogens (tertiary/aromatic N) is 1. The summed E-state index contributed by atoms with van der Waals surface area (Å²) in [6, 6.07) is 8.29. The Morgan fingerprint density at radius 2 is 1.95 bits per heavy atom. The van der Waals surface area contributed by atoms with Crippen LogP contribution >= 0.6 is 0 Å². The average Bonchev–Trinajstić information content (AvgIpc) is 2.90. The van der Waals surface area contributed by atoms with Gasteiger partial charge in [-0.1, -0.05) is 12.1 Å². The molecule has 7 heteroatoms. The van der Waals surface area contributed by atoms with Crippen LogP contribution in [-0.4, -0.2) is 20.1 Å². The molecule has 0 saturated carbocycles. The number of sulfonamides is 1. The van der Waals surface area contributed by atoms with E-state index in [4.69, 9.17) is 4.52 Å². The van der Waals surface area contributed by atoms with Gasteiger partial charge in [0.2, 0.25) is 10.0 Å². The Morgan fingerprint density at radius 1 is 1.21 bits per heavy atom. The molecule has 0 fully saturated rings. The number of nitrogens with one attached hydrogen (secondary N) is 2. The number of aromatic nitrogens is 1. The third kappa shape index (κ3) is 3.55. The van der Waals surface area contributed by atoms with Crippen molar-refractivity contribution in [3.8, 4) is 0 Å². The third-order valence-corrected chi connectivity index (χ3v) is 4.02. The van der Waals surface area contributed by atoms with E-state index in [-0.39, 0.29) is 4.90 Å². The van der Waals surface area contributed by atoms with Gasteiger partial charge in [0.25, 0.3) is 0 Å². The fraction of sp³-hybridized carbons (Fsp3) is 0.250. The Kier molecular flexibility index (Phi) is 4.18. The minimum atomic E-state index is -3.39. The first-order valence-corrected chi connectivity index (χ1v) is 7.33. The van der Waals surface area contributed by atoms with Crippen LogP contribution < -0.4 is 10.0 Å². The molecule has 0 atom stereocenters. The van der Waals surface area contributed by atoms with Crippen LogP contribution in [0.1, 0.15) is 12.7 Å². The highest BCUT2D eigenvalue weighted by atomic mass is 32.2. The average molecular weight is 281 g/mol. The summed E-state index contributed by atoms with van der Waals surface area (Å²) in [5, 5.41) is 6.71. The lowest BCUT2D eigenvalue weighted by molar-refractivity contribution is 0.388. The first-order chi connectivity index (χ1) is 9.12. The molecule has 6 nitrogen and oxygen atoms in total. The molecule has 2 N–H and O–H groups in total. The van der Waals surface area contributed by atoms with Gasteiger partial charge in [0, 0.05) is 18.3 Å². The second-order valence-electron chi connectivity index (χ2n) is 3.86. The highest BCUT2D eigenvalue weighted by molar-refractivity contribution is 7.89. The molecule has 1 aromatic heterocycles. The SMILES string of the molecule is CCNS(=O)(=O)c1ccc(NCc2ccno2)cc1. The zero-order valence-electron chi connectivity index (χ0n) is 10.5. The molecule has 102 valence electrons. The highest BCUT2D eigenvalue weighted by Gasteiger charge is 2.11. The molecule has 0 saturated heterocycles. The number of benzene rings is 1. The predicted molar refractivity (Wildman–Crippen MR) is 71.1 cm³/mol. The van der Waals surface area contributed by atoms with Crippen molar-refractivity contribution in [2.75, 3.05) is 11.9 Å². The van der Waals surface area contributed by atoms with E-state index >= 15 is 0 Å². The Morgan fingerprint density at radius 3 is 2.53 bits per heavy atom. The summed E-state index contributed by atoms with van der Waals surface area (Å²) in [7, 11) is -3.39. The van der Waals surface area contributed by atoms with Gasteiger partial charge in [-0.05, 0) is 24.3 Å². The molecule has 19 heavy (non-hydrogen) atoms. The monoisotopic (exact) mass is 281 g/mol. The lowest BCUT2D eigenvalue weighted by Gasteiger charge is -2.07. The number of hydrogen-bond acceptors (Lipinski definition) is 5. The molecule has 0 aliphatic heterocycles.